The molecule has 1 aromatic heterocycles. The number of nitrogens with zero attached hydrogens (tertiary/aromatic N) is 3. The molecule has 0 atom stereocenters. The molecule has 4 rings (SSSR count). The number of rotatable bonds is 3. The number of benzene rings is 1. The van der Waals surface area contributed by atoms with Crippen molar-refractivity contribution in [2.75, 3.05) is 26.2 Å². The van der Waals surface area contributed by atoms with Crippen LogP contribution in [0.25, 0.3) is 10.8 Å². The third kappa shape index (κ3) is 2.68. The van der Waals surface area contributed by atoms with Crippen molar-refractivity contribution in [1.82, 2.24) is 14.2 Å². The molecule has 0 amide bonds. The SMILES string of the molecule is CC1(N2CCN(Sc3cccc4cnccc34)CC2)CC1. The van der Waals surface area contributed by atoms with Crippen LogP contribution in [0.1, 0.15) is 19.8 Å². The van der Waals surface area contributed by atoms with Gasteiger partial charge in [0.2, 0.25) is 0 Å². The third-order valence-corrected chi connectivity index (χ3v) is 6.02. The standard InChI is InChI=1S/C17H21N3S/c1-17(6-7-17)19-9-11-20(12-10-19)21-16-4-2-3-14-13-18-8-5-15(14)16/h2-5,8,13H,6-7,9-12H2,1H3. The predicted molar refractivity (Wildman–Crippen MR) is 88.4 cm³/mol. The van der Waals surface area contributed by atoms with E-state index in [1.165, 1.54) is 41.6 Å². The molecule has 1 aliphatic carbocycles. The Bertz CT molecular complexity index is 640. The first-order valence-corrected chi connectivity index (χ1v) is 8.53. The molecule has 0 N–H and O–H groups in total. The molecule has 0 bridgehead atoms. The summed E-state index contributed by atoms with van der Waals surface area (Å²) < 4.78 is 2.51. The molecule has 2 heterocycles. The topological polar surface area (TPSA) is 19.4 Å². The molecular formula is C17H21N3S. The average Bonchev–Trinajstić information content (AvgIpc) is 3.27. The minimum Gasteiger partial charge on any atom is -0.295 e. The Morgan fingerprint density at radius 1 is 1.10 bits per heavy atom. The van der Waals surface area contributed by atoms with Gasteiger partial charge in [0.15, 0.2) is 0 Å². The minimum atomic E-state index is 0.530. The monoisotopic (exact) mass is 299 g/mol. The van der Waals surface area contributed by atoms with Crippen molar-refractivity contribution in [3.8, 4) is 0 Å². The molecule has 0 spiro atoms. The van der Waals surface area contributed by atoms with Crippen LogP contribution in [-0.4, -0.2) is 45.9 Å². The summed E-state index contributed by atoms with van der Waals surface area (Å²) in [6, 6.07) is 8.62. The van der Waals surface area contributed by atoms with E-state index < -0.39 is 0 Å². The van der Waals surface area contributed by atoms with Crippen molar-refractivity contribution in [3.05, 3.63) is 36.7 Å². The lowest BCUT2D eigenvalue weighted by atomic mass is 10.2. The van der Waals surface area contributed by atoms with Crippen LogP contribution >= 0.6 is 11.9 Å². The summed E-state index contributed by atoms with van der Waals surface area (Å²) in [7, 11) is 0. The number of pyridine rings is 1. The number of hydrogen-bond donors (Lipinski definition) is 0. The van der Waals surface area contributed by atoms with Gasteiger partial charge >= 0.3 is 0 Å². The lowest BCUT2D eigenvalue weighted by molar-refractivity contribution is 0.137. The molecule has 1 saturated carbocycles. The van der Waals surface area contributed by atoms with Crippen molar-refractivity contribution in [2.24, 2.45) is 0 Å². The van der Waals surface area contributed by atoms with E-state index in [0.29, 0.717) is 5.54 Å². The van der Waals surface area contributed by atoms with E-state index in [-0.39, 0.29) is 0 Å². The maximum atomic E-state index is 4.22. The highest BCUT2D eigenvalue weighted by molar-refractivity contribution is 7.97. The van der Waals surface area contributed by atoms with Crippen molar-refractivity contribution >= 4 is 22.7 Å². The molecule has 2 fully saturated rings. The van der Waals surface area contributed by atoms with Gasteiger partial charge in [-0.2, -0.15) is 0 Å². The Labute approximate surface area is 130 Å². The quantitative estimate of drug-likeness (QED) is 0.809. The van der Waals surface area contributed by atoms with Crippen LogP contribution in [0.2, 0.25) is 0 Å². The van der Waals surface area contributed by atoms with E-state index in [1.54, 1.807) is 0 Å². The summed E-state index contributed by atoms with van der Waals surface area (Å²) in [6.07, 6.45) is 6.61. The van der Waals surface area contributed by atoms with Gasteiger partial charge in [-0.1, -0.05) is 12.1 Å². The Kier molecular flexibility index (Phi) is 3.40. The van der Waals surface area contributed by atoms with Crippen LogP contribution in [-0.2, 0) is 0 Å². The fourth-order valence-corrected chi connectivity index (χ4v) is 4.18. The molecule has 1 aromatic carbocycles. The number of fused-ring (bicyclic) bond motifs is 1. The molecule has 0 unspecified atom stereocenters. The summed E-state index contributed by atoms with van der Waals surface area (Å²) in [5, 5.41) is 2.54. The van der Waals surface area contributed by atoms with E-state index in [4.69, 9.17) is 0 Å². The normalized spacial score (nSPS) is 22.5. The van der Waals surface area contributed by atoms with Gasteiger partial charge in [0.05, 0.1) is 0 Å². The van der Waals surface area contributed by atoms with Gasteiger partial charge in [0.25, 0.3) is 0 Å². The molecule has 0 radical (unpaired) electrons. The lowest BCUT2D eigenvalue weighted by Gasteiger charge is -2.37. The molecule has 3 nitrogen and oxygen atoms in total. The van der Waals surface area contributed by atoms with Crippen molar-refractivity contribution in [2.45, 2.75) is 30.2 Å². The zero-order valence-corrected chi connectivity index (χ0v) is 13.3. The summed E-state index contributed by atoms with van der Waals surface area (Å²) in [5.74, 6) is 0. The van der Waals surface area contributed by atoms with Gasteiger partial charge in [0.1, 0.15) is 0 Å². The van der Waals surface area contributed by atoms with Crippen LogP contribution in [0.3, 0.4) is 0 Å². The lowest BCUT2D eigenvalue weighted by Crippen LogP contribution is -2.48. The number of piperazine rings is 1. The average molecular weight is 299 g/mol. The van der Waals surface area contributed by atoms with E-state index in [2.05, 4.69) is 45.4 Å². The van der Waals surface area contributed by atoms with Crippen LogP contribution in [0.15, 0.2) is 41.6 Å². The van der Waals surface area contributed by atoms with Gasteiger partial charge in [-0.05, 0) is 49.2 Å². The maximum Gasteiger partial charge on any atom is 0.0346 e. The Morgan fingerprint density at radius 2 is 1.90 bits per heavy atom. The highest BCUT2D eigenvalue weighted by Gasteiger charge is 2.43. The van der Waals surface area contributed by atoms with Crippen LogP contribution in [0.5, 0.6) is 0 Å². The largest absolute Gasteiger partial charge is 0.295 e. The van der Waals surface area contributed by atoms with Crippen LogP contribution in [0, 0.1) is 0 Å². The summed E-state index contributed by atoms with van der Waals surface area (Å²) >= 11 is 1.91. The Morgan fingerprint density at radius 3 is 2.67 bits per heavy atom. The van der Waals surface area contributed by atoms with Gasteiger partial charge in [-0.15, -0.1) is 0 Å². The van der Waals surface area contributed by atoms with E-state index in [1.807, 2.05) is 24.3 Å². The zero-order chi connectivity index (χ0) is 14.3. The van der Waals surface area contributed by atoms with Crippen molar-refractivity contribution in [1.29, 1.82) is 0 Å². The van der Waals surface area contributed by atoms with Gasteiger partial charge in [-0.25, -0.2) is 4.31 Å². The molecule has 110 valence electrons. The van der Waals surface area contributed by atoms with E-state index >= 15 is 0 Å². The maximum absolute atomic E-state index is 4.22. The Hall–Kier alpha value is -1.10. The minimum absolute atomic E-state index is 0.530. The highest BCUT2D eigenvalue weighted by atomic mass is 32.2. The van der Waals surface area contributed by atoms with Crippen molar-refractivity contribution in [3.63, 3.8) is 0 Å². The molecule has 4 heteroatoms. The first-order valence-electron chi connectivity index (χ1n) is 7.75. The molecule has 21 heavy (non-hydrogen) atoms. The smallest absolute Gasteiger partial charge is 0.0346 e. The summed E-state index contributed by atoms with van der Waals surface area (Å²) in [6.45, 7) is 7.13. The summed E-state index contributed by atoms with van der Waals surface area (Å²) in [4.78, 5) is 8.24. The first kappa shape index (κ1) is 13.6. The Balaban J connectivity index is 1.46. The van der Waals surface area contributed by atoms with E-state index in [0.717, 1.165) is 13.1 Å². The second kappa shape index (κ2) is 5.27. The number of aromatic nitrogens is 1. The fourth-order valence-electron chi connectivity index (χ4n) is 3.13. The molecule has 2 aromatic rings. The molecular weight excluding hydrogens is 278 g/mol. The number of hydrogen-bond acceptors (Lipinski definition) is 4. The van der Waals surface area contributed by atoms with Crippen LogP contribution in [0.4, 0.5) is 0 Å². The van der Waals surface area contributed by atoms with E-state index in [9.17, 15) is 0 Å². The van der Waals surface area contributed by atoms with Gasteiger partial charge in [0, 0.05) is 54.4 Å². The second-order valence-corrected chi connectivity index (χ2v) is 7.50. The first-order chi connectivity index (χ1) is 10.2. The highest BCUT2D eigenvalue weighted by Crippen LogP contribution is 2.42. The second-order valence-electron chi connectivity index (χ2n) is 6.36. The van der Waals surface area contributed by atoms with Crippen LogP contribution < -0.4 is 0 Å². The molecule has 1 saturated heterocycles. The van der Waals surface area contributed by atoms with Gasteiger partial charge < -0.3 is 0 Å². The summed E-state index contributed by atoms with van der Waals surface area (Å²) in [5.41, 5.74) is 0.530. The van der Waals surface area contributed by atoms with Crippen molar-refractivity contribution < 1.29 is 0 Å². The molecule has 2 aliphatic rings. The fraction of sp³-hybridized carbons (Fsp3) is 0.471. The molecule has 1 aliphatic heterocycles. The van der Waals surface area contributed by atoms with Gasteiger partial charge in [-0.3, -0.25) is 9.88 Å². The third-order valence-electron chi connectivity index (χ3n) is 4.84. The predicted octanol–water partition coefficient (Wildman–Crippen LogP) is 3.41. The zero-order valence-electron chi connectivity index (χ0n) is 12.5.